The van der Waals surface area contributed by atoms with E-state index >= 15 is 0 Å². The molecule has 1 heterocycles. The van der Waals surface area contributed by atoms with Gasteiger partial charge in [-0.2, -0.15) is 0 Å². The molecule has 2 aromatic rings. The fourth-order valence-corrected chi connectivity index (χ4v) is 3.46. The van der Waals surface area contributed by atoms with Crippen molar-refractivity contribution in [3.8, 4) is 0 Å². The Bertz CT molecular complexity index is 648. The van der Waals surface area contributed by atoms with Crippen LogP contribution < -0.4 is 0 Å². The van der Waals surface area contributed by atoms with Crippen molar-refractivity contribution in [3.63, 3.8) is 0 Å². The van der Waals surface area contributed by atoms with E-state index in [-0.39, 0.29) is 0 Å². The molecular formula is C16H19NO2. The number of aliphatic carboxylic acids is 1. The average Bonchev–Trinajstić information content (AvgIpc) is 2.97. The molecule has 1 saturated carbocycles. The predicted molar refractivity (Wildman–Crippen MR) is 75.6 cm³/mol. The molecule has 1 aliphatic rings. The number of para-hydroxylation sites is 1. The Morgan fingerprint density at radius 3 is 2.58 bits per heavy atom. The molecule has 0 spiro atoms. The molecule has 1 fully saturated rings. The first-order chi connectivity index (χ1) is 9.06. The van der Waals surface area contributed by atoms with E-state index in [4.69, 9.17) is 0 Å². The maximum atomic E-state index is 11.8. The number of hydrogen-bond acceptors (Lipinski definition) is 1. The van der Waals surface area contributed by atoms with Crippen LogP contribution in [-0.2, 0) is 10.2 Å². The summed E-state index contributed by atoms with van der Waals surface area (Å²) < 4.78 is 0. The number of carboxylic acids is 1. The molecule has 3 heteroatoms. The van der Waals surface area contributed by atoms with Gasteiger partial charge >= 0.3 is 5.97 Å². The molecule has 1 aliphatic carbocycles. The Morgan fingerprint density at radius 2 is 1.95 bits per heavy atom. The molecule has 0 atom stereocenters. The SMILES string of the molecule is Cc1[nH]c2c(C3(C(=O)O)CCCC3)cccc2c1C. The van der Waals surface area contributed by atoms with Crippen molar-refractivity contribution in [2.45, 2.75) is 44.9 Å². The van der Waals surface area contributed by atoms with Crippen LogP contribution >= 0.6 is 0 Å². The van der Waals surface area contributed by atoms with Gasteiger partial charge in [0.2, 0.25) is 0 Å². The van der Waals surface area contributed by atoms with E-state index in [1.807, 2.05) is 19.1 Å². The summed E-state index contributed by atoms with van der Waals surface area (Å²) in [6.45, 7) is 4.13. The second kappa shape index (κ2) is 4.12. The first kappa shape index (κ1) is 12.3. The Hall–Kier alpha value is -1.77. The van der Waals surface area contributed by atoms with Crippen LogP contribution in [0.5, 0.6) is 0 Å². The van der Waals surface area contributed by atoms with Crippen LogP contribution in [0.15, 0.2) is 18.2 Å². The number of nitrogens with one attached hydrogen (secondary N) is 1. The van der Waals surface area contributed by atoms with E-state index in [0.29, 0.717) is 0 Å². The minimum absolute atomic E-state index is 0.678. The van der Waals surface area contributed by atoms with Gasteiger partial charge in [-0.15, -0.1) is 0 Å². The highest BCUT2D eigenvalue weighted by Gasteiger charge is 2.44. The lowest BCUT2D eigenvalue weighted by Gasteiger charge is -2.25. The summed E-state index contributed by atoms with van der Waals surface area (Å²) in [5, 5.41) is 10.9. The quantitative estimate of drug-likeness (QED) is 0.862. The van der Waals surface area contributed by atoms with E-state index in [0.717, 1.165) is 47.8 Å². The number of aryl methyl sites for hydroxylation is 2. The monoisotopic (exact) mass is 257 g/mol. The topological polar surface area (TPSA) is 53.1 Å². The molecule has 3 nitrogen and oxygen atoms in total. The van der Waals surface area contributed by atoms with Crippen molar-refractivity contribution in [1.82, 2.24) is 4.98 Å². The molecule has 0 bridgehead atoms. The summed E-state index contributed by atoms with van der Waals surface area (Å²) in [6.07, 6.45) is 3.50. The van der Waals surface area contributed by atoms with Gasteiger partial charge in [0.05, 0.1) is 10.9 Å². The van der Waals surface area contributed by atoms with Crippen LogP contribution in [0.4, 0.5) is 0 Å². The molecule has 0 aliphatic heterocycles. The third-order valence-electron chi connectivity index (χ3n) is 4.73. The Kier molecular flexibility index (Phi) is 2.66. The van der Waals surface area contributed by atoms with E-state index in [1.54, 1.807) is 0 Å². The van der Waals surface area contributed by atoms with Crippen LogP contribution in [0.3, 0.4) is 0 Å². The minimum atomic E-state index is -0.691. The van der Waals surface area contributed by atoms with Crippen LogP contribution in [-0.4, -0.2) is 16.1 Å². The van der Waals surface area contributed by atoms with Crippen molar-refractivity contribution in [1.29, 1.82) is 0 Å². The molecule has 3 rings (SSSR count). The van der Waals surface area contributed by atoms with Gasteiger partial charge in [-0.1, -0.05) is 31.0 Å². The van der Waals surface area contributed by atoms with E-state index < -0.39 is 11.4 Å². The highest BCUT2D eigenvalue weighted by molar-refractivity contribution is 5.93. The lowest BCUT2D eigenvalue weighted by Crippen LogP contribution is -2.32. The van der Waals surface area contributed by atoms with Gasteiger partial charge in [0.1, 0.15) is 0 Å². The molecule has 100 valence electrons. The maximum Gasteiger partial charge on any atom is 0.314 e. The average molecular weight is 257 g/mol. The second-order valence-electron chi connectivity index (χ2n) is 5.70. The summed E-state index contributed by atoms with van der Waals surface area (Å²) >= 11 is 0. The minimum Gasteiger partial charge on any atom is -0.481 e. The fraction of sp³-hybridized carbons (Fsp3) is 0.438. The maximum absolute atomic E-state index is 11.8. The smallest absolute Gasteiger partial charge is 0.314 e. The molecule has 0 radical (unpaired) electrons. The molecule has 2 N–H and O–H groups in total. The zero-order chi connectivity index (χ0) is 13.6. The molecule has 0 unspecified atom stereocenters. The predicted octanol–water partition coefficient (Wildman–Crippen LogP) is 3.68. The number of aromatic nitrogens is 1. The van der Waals surface area contributed by atoms with Crippen LogP contribution in [0, 0.1) is 13.8 Å². The fourth-order valence-electron chi connectivity index (χ4n) is 3.46. The summed E-state index contributed by atoms with van der Waals surface area (Å²) in [5.74, 6) is -0.678. The zero-order valence-corrected chi connectivity index (χ0v) is 11.4. The Balaban J connectivity index is 2.30. The largest absolute Gasteiger partial charge is 0.481 e. The second-order valence-corrected chi connectivity index (χ2v) is 5.70. The van der Waals surface area contributed by atoms with Crippen LogP contribution in [0.25, 0.3) is 10.9 Å². The molecular weight excluding hydrogens is 238 g/mol. The van der Waals surface area contributed by atoms with Crippen molar-refractivity contribution >= 4 is 16.9 Å². The zero-order valence-electron chi connectivity index (χ0n) is 11.4. The third-order valence-corrected chi connectivity index (χ3v) is 4.73. The summed E-state index contributed by atoms with van der Waals surface area (Å²) in [7, 11) is 0. The first-order valence-electron chi connectivity index (χ1n) is 6.88. The van der Waals surface area contributed by atoms with E-state index in [9.17, 15) is 9.90 Å². The lowest BCUT2D eigenvalue weighted by atomic mass is 9.78. The van der Waals surface area contributed by atoms with Crippen molar-refractivity contribution < 1.29 is 9.90 Å². The van der Waals surface area contributed by atoms with Gasteiger partial charge in [-0.25, -0.2) is 0 Å². The number of fused-ring (bicyclic) bond motifs is 1. The molecule has 0 saturated heterocycles. The van der Waals surface area contributed by atoms with Gasteiger partial charge in [0.15, 0.2) is 0 Å². The van der Waals surface area contributed by atoms with Crippen LogP contribution in [0.2, 0.25) is 0 Å². The van der Waals surface area contributed by atoms with E-state index in [1.165, 1.54) is 5.56 Å². The lowest BCUT2D eigenvalue weighted by molar-refractivity contribution is -0.143. The summed E-state index contributed by atoms with van der Waals surface area (Å²) in [5.41, 5.74) is 3.63. The number of carboxylic acid groups (broad SMARTS) is 1. The molecule has 1 aromatic heterocycles. The number of aromatic amines is 1. The van der Waals surface area contributed by atoms with Gasteiger partial charge in [-0.05, 0) is 37.8 Å². The highest BCUT2D eigenvalue weighted by atomic mass is 16.4. The summed E-state index contributed by atoms with van der Waals surface area (Å²) in [6, 6.07) is 6.04. The number of H-pyrrole nitrogens is 1. The van der Waals surface area contributed by atoms with E-state index in [2.05, 4.69) is 18.0 Å². The summed E-state index contributed by atoms with van der Waals surface area (Å²) in [4.78, 5) is 15.2. The normalized spacial score (nSPS) is 18.0. The van der Waals surface area contributed by atoms with Crippen LogP contribution in [0.1, 0.15) is 42.5 Å². The van der Waals surface area contributed by atoms with Gasteiger partial charge in [0, 0.05) is 11.1 Å². The third kappa shape index (κ3) is 1.61. The van der Waals surface area contributed by atoms with Crippen molar-refractivity contribution in [3.05, 3.63) is 35.0 Å². The van der Waals surface area contributed by atoms with Crippen molar-refractivity contribution in [2.75, 3.05) is 0 Å². The molecule has 19 heavy (non-hydrogen) atoms. The first-order valence-corrected chi connectivity index (χ1v) is 6.88. The number of benzene rings is 1. The standard InChI is InChI=1S/C16H19NO2/c1-10-11(2)17-14-12(10)6-5-7-13(14)16(15(18)19)8-3-4-9-16/h5-7,17H,3-4,8-9H2,1-2H3,(H,18,19). The highest BCUT2D eigenvalue weighted by Crippen LogP contribution is 2.44. The Labute approximate surface area is 112 Å². The van der Waals surface area contributed by atoms with Gasteiger partial charge < -0.3 is 10.1 Å². The number of rotatable bonds is 2. The van der Waals surface area contributed by atoms with Gasteiger partial charge in [-0.3, -0.25) is 4.79 Å². The molecule has 1 aromatic carbocycles. The Morgan fingerprint density at radius 1 is 1.26 bits per heavy atom. The van der Waals surface area contributed by atoms with Crippen molar-refractivity contribution in [2.24, 2.45) is 0 Å². The number of hydrogen-bond donors (Lipinski definition) is 2. The van der Waals surface area contributed by atoms with Gasteiger partial charge in [0.25, 0.3) is 0 Å². The number of carbonyl (C=O) groups is 1. The molecule has 0 amide bonds.